The average Bonchev–Trinajstić information content (AvgIpc) is 3.05. The lowest BCUT2D eigenvalue weighted by Gasteiger charge is -2.35. The SMILES string of the molecule is Cc1ccc(C(=O)N2CCN(C(=O)CCc3cnn(C)c3)CC2)cc1. The third-order valence-electron chi connectivity index (χ3n) is 4.60. The predicted octanol–water partition coefficient (Wildman–Crippen LogP) is 1.65. The fraction of sp³-hybridized carbons (Fsp3) is 0.421. The van der Waals surface area contributed by atoms with Crippen LogP contribution in [-0.2, 0) is 18.3 Å². The van der Waals surface area contributed by atoms with Crippen LogP contribution in [-0.4, -0.2) is 57.6 Å². The predicted molar refractivity (Wildman–Crippen MR) is 95.2 cm³/mol. The molecule has 0 radical (unpaired) electrons. The molecule has 132 valence electrons. The van der Waals surface area contributed by atoms with E-state index in [1.54, 1.807) is 10.9 Å². The van der Waals surface area contributed by atoms with Crippen molar-refractivity contribution in [3.63, 3.8) is 0 Å². The van der Waals surface area contributed by atoms with Gasteiger partial charge in [-0.3, -0.25) is 14.3 Å². The van der Waals surface area contributed by atoms with Crippen molar-refractivity contribution in [1.29, 1.82) is 0 Å². The lowest BCUT2D eigenvalue weighted by Crippen LogP contribution is -2.50. The summed E-state index contributed by atoms with van der Waals surface area (Å²) in [5.74, 6) is 0.189. The molecule has 3 rings (SSSR count). The summed E-state index contributed by atoms with van der Waals surface area (Å²) < 4.78 is 1.75. The van der Waals surface area contributed by atoms with Gasteiger partial charge >= 0.3 is 0 Å². The molecule has 0 aliphatic carbocycles. The summed E-state index contributed by atoms with van der Waals surface area (Å²) in [7, 11) is 1.87. The van der Waals surface area contributed by atoms with Gasteiger partial charge in [-0.15, -0.1) is 0 Å². The Morgan fingerprint density at radius 1 is 1.04 bits per heavy atom. The van der Waals surface area contributed by atoms with Crippen molar-refractivity contribution in [1.82, 2.24) is 19.6 Å². The maximum Gasteiger partial charge on any atom is 0.253 e. The van der Waals surface area contributed by atoms with Gasteiger partial charge in [-0.25, -0.2) is 0 Å². The molecule has 1 aromatic carbocycles. The molecule has 0 atom stereocenters. The zero-order valence-electron chi connectivity index (χ0n) is 14.8. The molecule has 2 aromatic rings. The highest BCUT2D eigenvalue weighted by atomic mass is 16.2. The summed E-state index contributed by atoms with van der Waals surface area (Å²) in [5.41, 5.74) is 2.92. The molecular formula is C19H24N4O2. The molecule has 25 heavy (non-hydrogen) atoms. The van der Waals surface area contributed by atoms with E-state index in [-0.39, 0.29) is 11.8 Å². The molecule has 6 heteroatoms. The minimum Gasteiger partial charge on any atom is -0.339 e. The van der Waals surface area contributed by atoms with E-state index >= 15 is 0 Å². The first-order valence-corrected chi connectivity index (χ1v) is 8.64. The van der Waals surface area contributed by atoms with E-state index in [0.29, 0.717) is 44.6 Å². The highest BCUT2D eigenvalue weighted by molar-refractivity contribution is 5.94. The van der Waals surface area contributed by atoms with Crippen LogP contribution < -0.4 is 0 Å². The van der Waals surface area contributed by atoms with Crippen LogP contribution in [0.4, 0.5) is 0 Å². The van der Waals surface area contributed by atoms with Gasteiger partial charge in [0.15, 0.2) is 0 Å². The van der Waals surface area contributed by atoms with Gasteiger partial charge in [0, 0.05) is 51.4 Å². The smallest absolute Gasteiger partial charge is 0.253 e. The summed E-state index contributed by atoms with van der Waals surface area (Å²) in [4.78, 5) is 28.6. The molecule has 0 spiro atoms. The van der Waals surface area contributed by atoms with Gasteiger partial charge in [0.05, 0.1) is 6.20 Å². The highest BCUT2D eigenvalue weighted by Gasteiger charge is 2.24. The topological polar surface area (TPSA) is 58.4 Å². The molecule has 2 amide bonds. The Morgan fingerprint density at radius 3 is 2.28 bits per heavy atom. The third kappa shape index (κ3) is 4.26. The van der Waals surface area contributed by atoms with E-state index in [4.69, 9.17) is 0 Å². The minimum atomic E-state index is 0.0439. The van der Waals surface area contributed by atoms with Gasteiger partial charge in [0.2, 0.25) is 5.91 Å². The maximum atomic E-state index is 12.5. The van der Waals surface area contributed by atoms with Gasteiger partial charge in [-0.05, 0) is 31.0 Å². The van der Waals surface area contributed by atoms with Gasteiger partial charge in [0.1, 0.15) is 0 Å². The van der Waals surface area contributed by atoms with E-state index in [1.165, 1.54) is 0 Å². The second-order valence-electron chi connectivity index (χ2n) is 6.56. The van der Waals surface area contributed by atoms with Crippen molar-refractivity contribution in [3.05, 3.63) is 53.3 Å². The zero-order chi connectivity index (χ0) is 17.8. The van der Waals surface area contributed by atoms with Gasteiger partial charge < -0.3 is 9.80 Å². The Hall–Kier alpha value is -2.63. The maximum absolute atomic E-state index is 12.5. The molecule has 2 heterocycles. The number of benzene rings is 1. The molecule has 0 unspecified atom stereocenters. The molecule has 1 aromatic heterocycles. The lowest BCUT2D eigenvalue weighted by atomic mass is 10.1. The fourth-order valence-corrected chi connectivity index (χ4v) is 3.05. The Bertz CT molecular complexity index is 743. The van der Waals surface area contributed by atoms with Crippen LogP contribution in [0.1, 0.15) is 27.9 Å². The highest BCUT2D eigenvalue weighted by Crippen LogP contribution is 2.12. The summed E-state index contributed by atoms with van der Waals surface area (Å²) in [6.07, 6.45) is 4.92. The van der Waals surface area contributed by atoms with E-state index < -0.39 is 0 Å². The van der Waals surface area contributed by atoms with Crippen molar-refractivity contribution >= 4 is 11.8 Å². The number of amides is 2. The van der Waals surface area contributed by atoms with Crippen molar-refractivity contribution in [2.45, 2.75) is 19.8 Å². The first kappa shape index (κ1) is 17.2. The van der Waals surface area contributed by atoms with E-state index in [9.17, 15) is 9.59 Å². The third-order valence-corrected chi connectivity index (χ3v) is 4.60. The van der Waals surface area contributed by atoms with Crippen LogP contribution in [0.2, 0.25) is 0 Å². The van der Waals surface area contributed by atoms with E-state index in [2.05, 4.69) is 5.10 Å². The summed E-state index contributed by atoms with van der Waals surface area (Å²) in [5, 5.41) is 4.12. The van der Waals surface area contributed by atoms with Gasteiger partial charge in [-0.1, -0.05) is 17.7 Å². The number of rotatable bonds is 4. The summed E-state index contributed by atoms with van der Waals surface area (Å²) in [6.45, 7) is 4.38. The average molecular weight is 340 g/mol. The number of nitrogens with zero attached hydrogens (tertiary/aromatic N) is 4. The van der Waals surface area contributed by atoms with Crippen LogP contribution >= 0.6 is 0 Å². The van der Waals surface area contributed by atoms with Gasteiger partial charge in [-0.2, -0.15) is 5.10 Å². The van der Waals surface area contributed by atoms with Crippen LogP contribution in [0.25, 0.3) is 0 Å². The Balaban J connectivity index is 1.48. The lowest BCUT2D eigenvalue weighted by molar-refractivity contribution is -0.132. The molecule has 1 aliphatic heterocycles. The minimum absolute atomic E-state index is 0.0439. The number of carbonyl (C=O) groups is 2. The van der Waals surface area contributed by atoms with Crippen LogP contribution in [0.5, 0.6) is 0 Å². The largest absolute Gasteiger partial charge is 0.339 e. The second-order valence-corrected chi connectivity index (χ2v) is 6.56. The number of aryl methyl sites for hydroxylation is 3. The Labute approximate surface area is 148 Å². The summed E-state index contributed by atoms with van der Waals surface area (Å²) >= 11 is 0. The molecule has 1 aliphatic rings. The van der Waals surface area contributed by atoms with Crippen molar-refractivity contribution < 1.29 is 9.59 Å². The van der Waals surface area contributed by atoms with Crippen LogP contribution in [0.15, 0.2) is 36.7 Å². The molecule has 1 fully saturated rings. The molecule has 0 saturated carbocycles. The standard InChI is InChI=1S/C19H24N4O2/c1-15-3-6-17(7-4-15)19(25)23-11-9-22(10-12-23)18(24)8-5-16-13-20-21(2)14-16/h3-4,6-7,13-14H,5,8-12H2,1-2H3. The fourth-order valence-electron chi connectivity index (χ4n) is 3.05. The van der Waals surface area contributed by atoms with Crippen molar-refractivity contribution in [2.75, 3.05) is 26.2 Å². The van der Waals surface area contributed by atoms with Crippen molar-refractivity contribution in [2.24, 2.45) is 7.05 Å². The zero-order valence-corrected chi connectivity index (χ0v) is 14.8. The van der Waals surface area contributed by atoms with Crippen LogP contribution in [0.3, 0.4) is 0 Å². The summed E-state index contributed by atoms with van der Waals surface area (Å²) in [6, 6.07) is 7.63. The van der Waals surface area contributed by atoms with E-state index in [1.807, 2.05) is 54.2 Å². The normalized spacial score (nSPS) is 14.6. The van der Waals surface area contributed by atoms with E-state index in [0.717, 1.165) is 11.1 Å². The monoisotopic (exact) mass is 340 g/mol. The molecule has 0 bridgehead atoms. The Kier molecular flexibility index (Phi) is 5.16. The first-order chi connectivity index (χ1) is 12.0. The molecule has 6 nitrogen and oxygen atoms in total. The number of aromatic nitrogens is 2. The van der Waals surface area contributed by atoms with Crippen molar-refractivity contribution in [3.8, 4) is 0 Å². The first-order valence-electron chi connectivity index (χ1n) is 8.64. The Morgan fingerprint density at radius 2 is 1.68 bits per heavy atom. The second kappa shape index (κ2) is 7.51. The molecular weight excluding hydrogens is 316 g/mol. The quantitative estimate of drug-likeness (QED) is 0.850. The number of carbonyl (C=O) groups excluding carboxylic acids is 2. The van der Waals surface area contributed by atoms with Crippen LogP contribution in [0, 0.1) is 6.92 Å². The number of hydrogen-bond acceptors (Lipinski definition) is 3. The van der Waals surface area contributed by atoms with Gasteiger partial charge in [0.25, 0.3) is 5.91 Å². The molecule has 0 N–H and O–H groups in total. The molecule has 1 saturated heterocycles. The number of piperazine rings is 1. The number of hydrogen-bond donors (Lipinski definition) is 0.